The Morgan fingerprint density at radius 1 is 1.42 bits per heavy atom. The Labute approximate surface area is 109 Å². The van der Waals surface area contributed by atoms with Gasteiger partial charge in [0, 0.05) is 13.0 Å². The van der Waals surface area contributed by atoms with Crippen LogP contribution in [0, 0.1) is 0 Å². The predicted molar refractivity (Wildman–Crippen MR) is 65.8 cm³/mol. The first-order valence-corrected chi connectivity index (χ1v) is 5.96. The standard InChI is InChI=1S/C14H12FNO3/c15-10-4-5-13-12(7-10)16(14(18)19-13)8-9-2-1-3-11(17)6-9/h1-6,12,17H,7-8H2. The normalized spacial score (nSPS) is 21.6. The third-order valence-corrected chi connectivity index (χ3v) is 3.22. The number of fused-ring (bicyclic) bond motifs is 1. The maximum atomic E-state index is 13.3. The van der Waals surface area contributed by atoms with Crippen LogP contribution in [-0.2, 0) is 11.3 Å². The minimum atomic E-state index is -0.484. The zero-order chi connectivity index (χ0) is 13.4. The fourth-order valence-electron chi connectivity index (χ4n) is 2.32. The number of carbonyl (C=O) groups is 1. The molecule has 1 unspecified atom stereocenters. The molecule has 1 aliphatic carbocycles. The molecule has 1 heterocycles. The molecule has 0 bridgehead atoms. The zero-order valence-corrected chi connectivity index (χ0v) is 10.0. The van der Waals surface area contributed by atoms with Crippen molar-refractivity contribution in [2.24, 2.45) is 0 Å². The van der Waals surface area contributed by atoms with Gasteiger partial charge in [0.05, 0.1) is 0 Å². The SMILES string of the molecule is O=C1OC2=CC=C(F)CC2N1Cc1cccc(O)c1. The number of carbonyl (C=O) groups excluding carboxylic acids is 1. The molecule has 1 N–H and O–H groups in total. The van der Waals surface area contributed by atoms with E-state index in [4.69, 9.17) is 4.74 Å². The summed E-state index contributed by atoms with van der Waals surface area (Å²) < 4.78 is 18.4. The molecule has 5 heteroatoms. The first kappa shape index (κ1) is 11.8. The van der Waals surface area contributed by atoms with E-state index in [1.807, 2.05) is 0 Å². The smallest absolute Gasteiger partial charge is 0.415 e. The number of nitrogens with zero attached hydrogens (tertiary/aromatic N) is 1. The Bertz CT molecular complexity index is 594. The van der Waals surface area contributed by atoms with E-state index in [0.717, 1.165) is 5.56 Å². The molecule has 0 spiro atoms. The van der Waals surface area contributed by atoms with Crippen molar-refractivity contribution in [1.29, 1.82) is 0 Å². The van der Waals surface area contributed by atoms with E-state index in [1.165, 1.54) is 17.1 Å². The highest BCUT2D eigenvalue weighted by Crippen LogP contribution is 2.33. The molecule has 1 amide bonds. The number of phenols is 1. The fourth-order valence-corrected chi connectivity index (χ4v) is 2.32. The van der Waals surface area contributed by atoms with E-state index in [1.54, 1.807) is 24.3 Å². The largest absolute Gasteiger partial charge is 0.508 e. The Morgan fingerprint density at radius 3 is 3.05 bits per heavy atom. The van der Waals surface area contributed by atoms with Crippen molar-refractivity contribution in [2.45, 2.75) is 19.0 Å². The van der Waals surface area contributed by atoms with Crippen LogP contribution in [-0.4, -0.2) is 22.1 Å². The maximum Gasteiger partial charge on any atom is 0.415 e. The monoisotopic (exact) mass is 261 g/mol. The highest BCUT2D eigenvalue weighted by molar-refractivity contribution is 5.73. The van der Waals surface area contributed by atoms with Crippen LogP contribution >= 0.6 is 0 Å². The summed E-state index contributed by atoms with van der Waals surface area (Å²) in [6.45, 7) is 0.280. The number of allylic oxidation sites excluding steroid dienone is 2. The van der Waals surface area contributed by atoms with Gasteiger partial charge in [0.25, 0.3) is 0 Å². The van der Waals surface area contributed by atoms with Crippen molar-refractivity contribution >= 4 is 6.09 Å². The number of benzene rings is 1. The number of hydrogen-bond donors (Lipinski definition) is 1. The van der Waals surface area contributed by atoms with Gasteiger partial charge >= 0.3 is 6.09 Å². The third kappa shape index (κ3) is 2.19. The number of ether oxygens (including phenoxy) is 1. The summed E-state index contributed by atoms with van der Waals surface area (Å²) in [4.78, 5) is 13.3. The van der Waals surface area contributed by atoms with Gasteiger partial charge in [-0.2, -0.15) is 0 Å². The fraction of sp³-hybridized carbons (Fsp3) is 0.214. The van der Waals surface area contributed by atoms with Gasteiger partial charge in [-0.05, 0) is 29.8 Å². The Kier molecular flexibility index (Phi) is 2.74. The maximum absolute atomic E-state index is 13.3. The molecule has 4 nitrogen and oxygen atoms in total. The number of aromatic hydroxyl groups is 1. The molecule has 1 fully saturated rings. The van der Waals surface area contributed by atoms with Crippen molar-refractivity contribution in [2.75, 3.05) is 0 Å². The van der Waals surface area contributed by atoms with Crippen LogP contribution in [0.15, 0.2) is 48.0 Å². The summed E-state index contributed by atoms with van der Waals surface area (Å²) >= 11 is 0. The van der Waals surface area contributed by atoms with E-state index >= 15 is 0 Å². The lowest BCUT2D eigenvalue weighted by atomic mass is 10.0. The van der Waals surface area contributed by atoms with Crippen LogP contribution in [0.4, 0.5) is 9.18 Å². The molecular weight excluding hydrogens is 249 g/mol. The van der Waals surface area contributed by atoms with Crippen molar-refractivity contribution in [1.82, 2.24) is 4.90 Å². The molecule has 1 atom stereocenters. The molecule has 0 saturated carbocycles. The third-order valence-electron chi connectivity index (χ3n) is 3.22. The lowest BCUT2D eigenvalue weighted by Crippen LogP contribution is -2.33. The quantitative estimate of drug-likeness (QED) is 0.890. The number of phenolic OH excluding ortho intramolecular Hbond substituents is 1. The molecular formula is C14H12FNO3. The number of rotatable bonds is 2. The Balaban J connectivity index is 1.83. The Morgan fingerprint density at radius 2 is 2.26 bits per heavy atom. The number of amides is 1. The highest BCUT2D eigenvalue weighted by atomic mass is 19.1. The van der Waals surface area contributed by atoms with E-state index in [2.05, 4.69) is 0 Å². The summed E-state index contributed by atoms with van der Waals surface area (Å²) in [7, 11) is 0. The second-order valence-corrected chi connectivity index (χ2v) is 4.57. The van der Waals surface area contributed by atoms with Crippen LogP contribution < -0.4 is 0 Å². The van der Waals surface area contributed by atoms with E-state index < -0.39 is 6.09 Å². The number of hydrogen-bond acceptors (Lipinski definition) is 3. The van der Waals surface area contributed by atoms with Gasteiger partial charge in [0.15, 0.2) is 0 Å². The molecule has 1 aromatic rings. The van der Waals surface area contributed by atoms with E-state index in [-0.39, 0.29) is 30.6 Å². The average molecular weight is 261 g/mol. The Hall–Kier alpha value is -2.30. The molecule has 98 valence electrons. The second kappa shape index (κ2) is 4.42. The molecule has 1 saturated heterocycles. The van der Waals surface area contributed by atoms with Gasteiger partial charge in [-0.15, -0.1) is 0 Å². The van der Waals surface area contributed by atoms with E-state index in [0.29, 0.717) is 5.76 Å². The van der Waals surface area contributed by atoms with Crippen molar-refractivity contribution in [3.63, 3.8) is 0 Å². The summed E-state index contributed by atoms with van der Waals surface area (Å²) in [5.74, 6) is 0.343. The van der Waals surface area contributed by atoms with Crippen LogP contribution in [0.3, 0.4) is 0 Å². The summed E-state index contributed by atoms with van der Waals surface area (Å²) in [5.41, 5.74) is 0.771. The molecule has 1 aliphatic heterocycles. The lowest BCUT2D eigenvalue weighted by Gasteiger charge is -2.22. The molecule has 0 aromatic heterocycles. The molecule has 0 radical (unpaired) electrons. The van der Waals surface area contributed by atoms with Crippen molar-refractivity contribution < 1.29 is 19.0 Å². The van der Waals surface area contributed by atoms with Crippen LogP contribution in [0.25, 0.3) is 0 Å². The van der Waals surface area contributed by atoms with Crippen LogP contribution in [0.1, 0.15) is 12.0 Å². The lowest BCUT2D eigenvalue weighted by molar-refractivity contribution is 0.162. The zero-order valence-electron chi connectivity index (χ0n) is 10.0. The van der Waals surface area contributed by atoms with Gasteiger partial charge in [0.2, 0.25) is 0 Å². The first-order chi connectivity index (χ1) is 9.13. The van der Waals surface area contributed by atoms with Gasteiger partial charge in [-0.25, -0.2) is 9.18 Å². The molecule has 19 heavy (non-hydrogen) atoms. The minimum Gasteiger partial charge on any atom is -0.508 e. The molecule has 1 aromatic carbocycles. The van der Waals surface area contributed by atoms with Gasteiger partial charge in [0.1, 0.15) is 23.4 Å². The van der Waals surface area contributed by atoms with Gasteiger partial charge in [-0.1, -0.05) is 12.1 Å². The average Bonchev–Trinajstić information content (AvgIpc) is 2.66. The molecule has 3 rings (SSSR count). The summed E-state index contributed by atoms with van der Waals surface area (Å²) in [6.07, 6.45) is 2.46. The number of halogens is 1. The van der Waals surface area contributed by atoms with Crippen molar-refractivity contribution in [3.8, 4) is 5.75 Å². The highest BCUT2D eigenvalue weighted by Gasteiger charge is 2.39. The second-order valence-electron chi connectivity index (χ2n) is 4.57. The first-order valence-electron chi connectivity index (χ1n) is 5.96. The minimum absolute atomic E-state index is 0.135. The van der Waals surface area contributed by atoms with Gasteiger partial charge in [-0.3, -0.25) is 4.90 Å². The molecule has 2 aliphatic rings. The van der Waals surface area contributed by atoms with Gasteiger partial charge < -0.3 is 9.84 Å². The summed E-state index contributed by atoms with van der Waals surface area (Å²) in [5, 5.41) is 9.41. The van der Waals surface area contributed by atoms with E-state index in [9.17, 15) is 14.3 Å². The predicted octanol–water partition coefficient (Wildman–Crippen LogP) is 2.85. The summed E-state index contributed by atoms with van der Waals surface area (Å²) in [6, 6.07) is 6.23. The van der Waals surface area contributed by atoms with Crippen molar-refractivity contribution in [3.05, 3.63) is 53.6 Å². The topological polar surface area (TPSA) is 49.8 Å². The van der Waals surface area contributed by atoms with Crippen LogP contribution in [0.2, 0.25) is 0 Å². The van der Waals surface area contributed by atoms with Crippen LogP contribution in [0.5, 0.6) is 5.75 Å².